The molecule has 4 rings (SSSR count). The van der Waals surface area contributed by atoms with Crippen LogP contribution in [0.4, 0.5) is 10.1 Å². The van der Waals surface area contributed by atoms with Crippen LogP contribution in [0.15, 0.2) is 36.9 Å². The van der Waals surface area contributed by atoms with Crippen LogP contribution < -0.4 is 10.2 Å². The fourth-order valence-electron chi connectivity index (χ4n) is 3.60. The highest BCUT2D eigenvalue weighted by Gasteiger charge is 2.19. The van der Waals surface area contributed by atoms with Crippen molar-refractivity contribution in [2.75, 3.05) is 18.0 Å². The Kier molecular flexibility index (Phi) is 5.18. The van der Waals surface area contributed by atoms with Crippen LogP contribution in [0.25, 0.3) is 5.65 Å². The van der Waals surface area contributed by atoms with Gasteiger partial charge in [0.1, 0.15) is 11.4 Å². The number of anilines is 1. The van der Waals surface area contributed by atoms with Crippen LogP contribution >= 0.6 is 0 Å². The topological polar surface area (TPSA) is 75.4 Å². The quantitative estimate of drug-likeness (QED) is 0.709. The molecule has 3 aromatic heterocycles. The number of pyridine rings is 1. The molecule has 1 N–H and O–H groups in total. The minimum absolute atomic E-state index is 0.0653. The Bertz CT molecular complexity index is 982. The van der Waals surface area contributed by atoms with Gasteiger partial charge in [0.05, 0.1) is 23.8 Å². The molecule has 146 valence electrons. The summed E-state index contributed by atoms with van der Waals surface area (Å²) in [4.78, 5) is 23.3. The van der Waals surface area contributed by atoms with Gasteiger partial charge in [-0.15, -0.1) is 0 Å². The Balaban J connectivity index is 1.41. The summed E-state index contributed by atoms with van der Waals surface area (Å²) in [5.74, 6) is -0.513. The Morgan fingerprint density at radius 3 is 2.93 bits per heavy atom. The van der Waals surface area contributed by atoms with Crippen molar-refractivity contribution < 1.29 is 9.18 Å². The maximum absolute atomic E-state index is 13.7. The molecule has 0 aromatic carbocycles. The summed E-state index contributed by atoms with van der Waals surface area (Å²) in [6.45, 7) is 3.83. The molecule has 28 heavy (non-hydrogen) atoms. The average molecular weight is 382 g/mol. The van der Waals surface area contributed by atoms with Crippen LogP contribution in [0.1, 0.15) is 42.2 Å². The summed E-state index contributed by atoms with van der Waals surface area (Å²) in [7, 11) is 0. The van der Waals surface area contributed by atoms with Crippen LogP contribution in [0.2, 0.25) is 0 Å². The molecule has 4 heterocycles. The summed E-state index contributed by atoms with van der Waals surface area (Å²) >= 11 is 0. The van der Waals surface area contributed by atoms with Gasteiger partial charge in [-0.3, -0.25) is 9.78 Å². The maximum Gasteiger partial charge on any atom is 0.256 e. The van der Waals surface area contributed by atoms with Crippen LogP contribution in [-0.4, -0.2) is 44.6 Å². The Morgan fingerprint density at radius 1 is 1.29 bits per heavy atom. The van der Waals surface area contributed by atoms with Gasteiger partial charge in [-0.25, -0.2) is 13.9 Å². The van der Waals surface area contributed by atoms with Crippen molar-refractivity contribution >= 4 is 17.2 Å². The molecule has 0 saturated carbocycles. The first-order valence-electron chi connectivity index (χ1n) is 9.60. The predicted octanol–water partition coefficient (Wildman–Crippen LogP) is 2.61. The van der Waals surface area contributed by atoms with Crippen LogP contribution in [0.3, 0.4) is 0 Å². The van der Waals surface area contributed by atoms with E-state index in [1.54, 1.807) is 29.0 Å². The van der Waals surface area contributed by atoms with Crippen LogP contribution in [0.5, 0.6) is 0 Å². The molecule has 1 atom stereocenters. The predicted molar refractivity (Wildman–Crippen MR) is 104 cm³/mol. The number of rotatable bonds is 6. The number of fused-ring (bicyclic) bond motifs is 1. The lowest BCUT2D eigenvalue weighted by molar-refractivity contribution is 0.0940. The number of amides is 1. The van der Waals surface area contributed by atoms with E-state index in [2.05, 4.69) is 25.3 Å². The highest BCUT2D eigenvalue weighted by molar-refractivity contribution is 5.99. The molecule has 1 amide bonds. The van der Waals surface area contributed by atoms with Gasteiger partial charge in [0, 0.05) is 37.6 Å². The van der Waals surface area contributed by atoms with E-state index in [0.717, 1.165) is 37.3 Å². The standard InChI is InChI=1S/C20H23FN6O/c1-14(25-20(28)16-13-24-27-10-4-7-22-19(16)27)5-6-17-18(11-15(21)12-23-17)26-8-2-3-9-26/h4,7,10-14H,2-3,5-6,8-9H2,1H3,(H,25,28). The molecule has 0 spiro atoms. The molecule has 0 bridgehead atoms. The van der Waals surface area contributed by atoms with Crippen molar-refractivity contribution in [2.45, 2.75) is 38.6 Å². The Morgan fingerprint density at radius 2 is 2.11 bits per heavy atom. The van der Waals surface area contributed by atoms with Crippen molar-refractivity contribution in [3.05, 3.63) is 54.0 Å². The molecule has 1 unspecified atom stereocenters. The van der Waals surface area contributed by atoms with Crippen molar-refractivity contribution in [1.82, 2.24) is 24.9 Å². The number of nitrogens with zero attached hydrogens (tertiary/aromatic N) is 5. The van der Waals surface area contributed by atoms with E-state index in [1.807, 2.05) is 6.92 Å². The number of aryl methyl sites for hydroxylation is 1. The van der Waals surface area contributed by atoms with Crippen molar-refractivity contribution in [2.24, 2.45) is 0 Å². The molecule has 0 radical (unpaired) electrons. The van der Waals surface area contributed by atoms with E-state index in [9.17, 15) is 9.18 Å². The summed E-state index contributed by atoms with van der Waals surface area (Å²) in [5, 5.41) is 7.14. The third kappa shape index (κ3) is 3.81. The van der Waals surface area contributed by atoms with Crippen molar-refractivity contribution in [3.8, 4) is 0 Å². The average Bonchev–Trinajstić information content (AvgIpc) is 3.37. The maximum atomic E-state index is 13.7. The third-order valence-electron chi connectivity index (χ3n) is 5.08. The molecule has 0 aliphatic carbocycles. The zero-order valence-electron chi connectivity index (χ0n) is 15.8. The lowest BCUT2D eigenvalue weighted by Gasteiger charge is -2.21. The van der Waals surface area contributed by atoms with Crippen molar-refractivity contribution in [1.29, 1.82) is 0 Å². The second kappa shape index (κ2) is 7.92. The summed E-state index contributed by atoms with van der Waals surface area (Å²) in [6.07, 6.45) is 9.80. The molecule has 7 nitrogen and oxygen atoms in total. The van der Waals surface area contributed by atoms with E-state index in [1.165, 1.54) is 12.4 Å². The van der Waals surface area contributed by atoms with Gasteiger partial charge in [-0.05, 0) is 38.7 Å². The molecule has 3 aromatic rings. The Hall–Kier alpha value is -3.03. The van der Waals surface area contributed by atoms with Crippen molar-refractivity contribution in [3.63, 3.8) is 0 Å². The zero-order valence-corrected chi connectivity index (χ0v) is 15.8. The fraction of sp³-hybridized carbons (Fsp3) is 0.400. The van der Waals surface area contributed by atoms with Crippen LogP contribution in [0, 0.1) is 5.82 Å². The summed E-state index contributed by atoms with van der Waals surface area (Å²) in [5.41, 5.74) is 2.73. The van der Waals surface area contributed by atoms with Gasteiger partial charge in [-0.1, -0.05) is 0 Å². The van der Waals surface area contributed by atoms with E-state index in [-0.39, 0.29) is 17.8 Å². The number of halogens is 1. The SMILES string of the molecule is CC(CCc1ncc(F)cc1N1CCCC1)NC(=O)c1cnn2cccnc12. The van der Waals surface area contributed by atoms with Gasteiger partial charge in [0.2, 0.25) is 0 Å². The van der Waals surface area contributed by atoms with E-state index >= 15 is 0 Å². The third-order valence-corrected chi connectivity index (χ3v) is 5.08. The second-order valence-electron chi connectivity index (χ2n) is 7.17. The molecule has 1 fully saturated rings. The zero-order chi connectivity index (χ0) is 19.5. The fourth-order valence-corrected chi connectivity index (χ4v) is 3.60. The minimum atomic E-state index is -0.312. The number of hydrogen-bond donors (Lipinski definition) is 1. The first-order valence-corrected chi connectivity index (χ1v) is 9.60. The first-order chi connectivity index (χ1) is 13.6. The lowest BCUT2D eigenvalue weighted by atomic mass is 10.1. The summed E-state index contributed by atoms with van der Waals surface area (Å²) in [6, 6.07) is 3.27. The Labute approximate surface area is 162 Å². The smallest absolute Gasteiger partial charge is 0.256 e. The molecule has 8 heteroatoms. The number of nitrogens with one attached hydrogen (secondary N) is 1. The summed E-state index contributed by atoms with van der Waals surface area (Å²) < 4.78 is 15.3. The number of carbonyl (C=O) groups excluding carboxylic acids is 1. The molecule has 1 aliphatic heterocycles. The van der Waals surface area contributed by atoms with Gasteiger partial charge in [0.25, 0.3) is 5.91 Å². The van der Waals surface area contributed by atoms with Gasteiger partial charge in [-0.2, -0.15) is 5.10 Å². The number of aromatic nitrogens is 4. The van der Waals surface area contributed by atoms with E-state index in [4.69, 9.17) is 0 Å². The van der Waals surface area contributed by atoms with Gasteiger partial charge >= 0.3 is 0 Å². The molecular formula is C20H23FN6O. The normalized spacial score (nSPS) is 15.1. The molecule has 1 saturated heterocycles. The number of hydrogen-bond acceptors (Lipinski definition) is 5. The lowest BCUT2D eigenvalue weighted by Crippen LogP contribution is -2.33. The monoisotopic (exact) mass is 382 g/mol. The number of carbonyl (C=O) groups is 1. The van der Waals surface area contributed by atoms with Gasteiger partial charge in [0.15, 0.2) is 5.65 Å². The minimum Gasteiger partial charge on any atom is -0.370 e. The van der Waals surface area contributed by atoms with Gasteiger partial charge < -0.3 is 10.2 Å². The largest absolute Gasteiger partial charge is 0.370 e. The van der Waals surface area contributed by atoms with E-state index < -0.39 is 0 Å². The van der Waals surface area contributed by atoms with Crippen LogP contribution in [-0.2, 0) is 6.42 Å². The highest BCUT2D eigenvalue weighted by Crippen LogP contribution is 2.25. The highest BCUT2D eigenvalue weighted by atomic mass is 19.1. The molecule has 1 aliphatic rings. The second-order valence-corrected chi connectivity index (χ2v) is 7.17. The van der Waals surface area contributed by atoms with E-state index in [0.29, 0.717) is 24.1 Å². The molecular weight excluding hydrogens is 359 g/mol. The first kappa shape index (κ1) is 18.3.